The molecule has 0 aliphatic carbocycles. The van der Waals surface area contributed by atoms with E-state index >= 15 is 0 Å². The van der Waals surface area contributed by atoms with Gasteiger partial charge in [-0.3, -0.25) is 0 Å². The van der Waals surface area contributed by atoms with Crippen LogP contribution in [-0.4, -0.2) is 30.3 Å². The molecule has 0 spiro atoms. The third-order valence-corrected chi connectivity index (χ3v) is 3.05. The Kier molecular flexibility index (Phi) is 7.01. The molecule has 0 heterocycles. The molecule has 1 atom stereocenters. The summed E-state index contributed by atoms with van der Waals surface area (Å²) in [5, 5.41) is 14.0. The number of nitrogens with one attached hydrogen (secondary N) is 2. The third kappa shape index (κ3) is 5.63. The van der Waals surface area contributed by atoms with Gasteiger partial charge in [-0.25, -0.2) is 18.0 Å². The zero-order valence-corrected chi connectivity index (χ0v) is 11.8. The molecule has 0 saturated heterocycles. The second-order valence-electron chi connectivity index (χ2n) is 4.64. The van der Waals surface area contributed by atoms with Gasteiger partial charge in [0.1, 0.15) is 0 Å². The molecule has 3 N–H and O–H groups in total. The monoisotopic (exact) mass is 304 g/mol. The molecule has 0 aliphatic rings. The Morgan fingerprint density at radius 3 is 2.43 bits per heavy atom. The molecule has 0 aromatic heterocycles. The van der Waals surface area contributed by atoms with Crippen LogP contribution >= 0.6 is 0 Å². The summed E-state index contributed by atoms with van der Waals surface area (Å²) in [6.45, 7) is 2.02. The number of halogens is 3. The Morgan fingerprint density at radius 2 is 1.90 bits per heavy atom. The van der Waals surface area contributed by atoms with Crippen molar-refractivity contribution in [2.24, 2.45) is 0 Å². The number of benzene rings is 1. The lowest BCUT2D eigenvalue weighted by atomic mass is 10.1. The first kappa shape index (κ1) is 17.3. The second-order valence-corrected chi connectivity index (χ2v) is 4.64. The number of carbonyl (C=O) groups is 1. The second kappa shape index (κ2) is 8.51. The standard InChI is InChI=1S/C14H19F3N2O2/c1-2-10(4-6-20)19-14(21)18-5-3-9-7-11(15)13(17)12(16)8-9/h7-8,10,20H,2-6H2,1H3,(H2,18,19,21). The van der Waals surface area contributed by atoms with Gasteiger partial charge in [-0.1, -0.05) is 6.92 Å². The van der Waals surface area contributed by atoms with E-state index in [2.05, 4.69) is 10.6 Å². The van der Waals surface area contributed by atoms with Crippen LogP contribution in [0.5, 0.6) is 0 Å². The quantitative estimate of drug-likeness (QED) is 0.676. The molecule has 1 unspecified atom stereocenters. The van der Waals surface area contributed by atoms with E-state index in [9.17, 15) is 18.0 Å². The molecule has 0 aliphatic heterocycles. The number of rotatable bonds is 7. The van der Waals surface area contributed by atoms with Gasteiger partial charge < -0.3 is 15.7 Å². The number of urea groups is 1. The van der Waals surface area contributed by atoms with E-state index in [1.165, 1.54) is 0 Å². The minimum Gasteiger partial charge on any atom is -0.396 e. The Labute approximate surface area is 121 Å². The highest BCUT2D eigenvalue weighted by Gasteiger charge is 2.11. The van der Waals surface area contributed by atoms with Crippen molar-refractivity contribution in [1.82, 2.24) is 10.6 Å². The summed E-state index contributed by atoms with van der Waals surface area (Å²) in [6, 6.07) is 1.26. The van der Waals surface area contributed by atoms with Crippen LogP contribution in [-0.2, 0) is 6.42 Å². The molecule has 0 radical (unpaired) electrons. The van der Waals surface area contributed by atoms with Crippen molar-refractivity contribution in [3.63, 3.8) is 0 Å². The first-order chi connectivity index (χ1) is 9.97. The summed E-state index contributed by atoms with van der Waals surface area (Å²) in [7, 11) is 0. The van der Waals surface area contributed by atoms with Gasteiger partial charge in [-0.05, 0) is 37.0 Å². The van der Waals surface area contributed by atoms with Crippen LogP contribution in [0.4, 0.5) is 18.0 Å². The molecule has 118 valence electrons. The predicted octanol–water partition coefficient (Wildman–Crippen LogP) is 2.11. The van der Waals surface area contributed by atoms with Gasteiger partial charge in [0.25, 0.3) is 0 Å². The predicted molar refractivity (Wildman–Crippen MR) is 72.3 cm³/mol. The topological polar surface area (TPSA) is 61.4 Å². The molecule has 21 heavy (non-hydrogen) atoms. The SMILES string of the molecule is CCC(CCO)NC(=O)NCCc1cc(F)c(F)c(F)c1. The fourth-order valence-corrected chi connectivity index (χ4v) is 1.84. The van der Waals surface area contributed by atoms with Gasteiger partial charge in [-0.15, -0.1) is 0 Å². The molecular weight excluding hydrogens is 285 g/mol. The number of carbonyl (C=O) groups excluding carboxylic acids is 1. The van der Waals surface area contributed by atoms with Crippen LogP contribution in [0.1, 0.15) is 25.3 Å². The van der Waals surface area contributed by atoms with Crippen molar-refractivity contribution < 1.29 is 23.1 Å². The fraction of sp³-hybridized carbons (Fsp3) is 0.500. The maximum Gasteiger partial charge on any atom is 0.315 e. The number of aliphatic hydroxyl groups is 1. The van der Waals surface area contributed by atoms with Gasteiger partial charge in [-0.2, -0.15) is 0 Å². The molecule has 1 rings (SSSR count). The first-order valence-electron chi connectivity index (χ1n) is 6.76. The van der Waals surface area contributed by atoms with Gasteiger partial charge >= 0.3 is 6.03 Å². The highest BCUT2D eigenvalue weighted by atomic mass is 19.2. The van der Waals surface area contributed by atoms with E-state index in [1.54, 1.807) is 0 Å². The summed E-state index contributed by atoms with van der Waals surface area (Å²) in [5.41, 5.74) is 0.258. The van der Waals surface area contributed by atoms with Crippen LogP contribution in [0.2, 0.25) is 0 Å². The van der Waals surface area contributed by atoms with Crippen molar-refractivity contribution in [1.29, 1.82) is 0 Å². The molecule has 0 saturated carbocycles. The molecule has 1 aromatic carbocycles. The van der Waals surface area contributed by atoms with Crippen LogP contribution < -0.4 is 10.6 Å². The molecule has 1 aromatic rings. The molecule has 7 heteroatoms. The first-order valence-corrected chi connectivity index (χ1v) is 6.76. The normalized spacial score (nSPS) is 12.0. The maximum atomic E-state index is 13.0. The highest BCUT2D eigenvalue weighted by molar-refractivity contribution is 5.74. The van der Waals surface area contributed by atoms with Crippen molar-refractivity contribution >= 4 is 6.03 Å². The van der Waals surface area contributed by atoms with E-state index in [1.807, 2.05) is 6.92 Å². The van der Waals surface area contributed by atoms with E-state index in [0.717, 1.165) is 12.1 Å². The zero-order chi connectivity index (χ0) is 15.8. The van der Waals surface area contributed by atoms with Crippen molar-refractivity contribution in [3.8, 4) is 0 Å². The average molecular weight is 304 g/mol. The van der Waals surface area contributed by atoms with Gasteiger partial charge in [0, 0.05) is 19.2 Å². The Bertz CT molecular complexity index is 460. The molecule has 0 bridgehead atoms. The Balaban J connectivity index is 2.41. The van der Waals surface area contributed by atoms with Crippen LogP contribution in [0, 0.1) is 17.5 Å². The summed E-state index contributed by atoms with van der Waals surface area (Å²) in [5.74, 6) is -3.99. The molecule has 4 nitrogen and oxygen atoms in total. The van der Waals surface area contributed by atoms with E-state index in [0.29, 0.717) is 12.8 Å². The number of amides is 2. The van der Waals surface area contributed by atoms with E-state index in [4.69, 9.17) is 5.11 Å². The molecular formula is C14H19F3N2O2. The number of aliphatic hydroxyl groups excluding tert-OH is 1. The van der Waals surface area contributed by atoms with Gasteiger partial charge in [0.05, 0.1) is 0 Å². The van der Waals surface area contributed by atoms with Crippen molar-refractivity contribution in [3.05, 3.63) is 35.1 Å². The van der Waals surface area contributed by atoms with E-state index < -0.39 is 23.5 Å². The third-order valence-electron chi connectivity index (χ3n) is 3.05. The summed E-state index contributed by atoms with van der Waals surface area (Å²) < 4.78 is 38.7. The lowest BCUT2D eigenvalue weighted by Gasteiger charge is -2.16. The Morgan fingerprint density at radius 1 is 1.29 bits per heavy atom. The minimum atomic E-state index is -1.50. The summed E-state index contributed by atoms with van der Waals surface area (Å²) >= 11 is 0. The van der Waals surface area contributed by atoms with Gasteiger partial charge in [0.15, 0.2) is 17.5 Å². The van der Waals surface area contributed by atoms with Crippen LogP contribution in [0.15, 0.2) is 12.1 Å². The Hall–Kier alpha value is -1.76. The van der Waals surface area contributed by atoms with Crippen LogP contribution in [0.3, 0.4) is 0 Å². The van der Waals surface area contributed by atoms with E-state index in [-0.39, 0.29) is 31.2 Å². The fourth-order valence-electron chi connectivity index (χ4n) is 1.84. The van der Waals surface area contributed by atoms with Crippen molar-refractivity contribution in [2.45, 2.75) is 32.2 Å². The number of hydrogen-bond donors (Lipinski definition) is 3. The largest absolute Gasteiger partial charge is 0.396 e. The van der Waals surface area contributed by atoms with Crippen LogP contribution in [0.25, 0.3) is 0 Å². The minimum absolute atomic E-state index is 0.0209. The average Bonchev–Trinajstić information content (AvgIpc) is 2.44. The number of hydrogen-bond acceptors (Lipinski definition) is 2. The lowest BCUT2D eigenvalue weighted by Crippen LogP contribution is -2.42. The lowest BCUT2D eigenvalue weighted by molar-refractivity contribution is 0.228. The highest BCUT2D eigenvalue weighted by Crippen LogP contribution is 2.13. The summed E-state index contributed by atoms with van der Waals surface area (Å²) in [4.78, 5) is 11.6. The van der Waals surface area contributed by atoms with Crippen molar-refractivity contribution in [2.75, 3.05) is 13.2 Å². The molecule has 0 fully saturated rings. The van der Waals surface area contributed by atoms with Gasteiger partial charge in [0.2, 0.25) is 0 Å². The molecule has 2 amide bonds. The smallest absolute Gasteiger partial charge is 0.315 e. The summed E-state index contributed by atoms with van der Waals surface area (Å²) in [6.07, 6.45) is 1.32. The zero-order valence-electron chi connectivity index (χ0n) is 11.8. The maximum absolute atomic E-state index is 13.0.